The Bertz CT molecular complexity index is 734. The topological polar surface area (TPSA) is 84.1 Å². The maximum Gasteiger partial charge on any atom is 0.244 e. The molecule has 0 aliphatic carbocycles. The number of aromatic nitrogens is 2. The highest BCUT2D eigenvalue weighted by molar-refractivity contribution is 9.10. The fourth-order valence-electron chi connectivity index (χ4n) is 1.80. The first-order chi connectivity index (χ1) is 9.85. The van der Waals surface area contributed by atoms with E-state index in [2.05, 4.69) is 30.8 Å². The lowest BCUT2D eigenvalue weighted by atomic mass is 10.2. The number of nitrogens with one attached hydrogen (secondary N) is 2. The number of aromatic amines is 1. The molecule has 0 bridgehead atoms. The summed E-state index contributed by atoms with van der Waals surface area (Å²) < 4.78 is 33.2. The van der Waals surface area contributed by atoms with E-state index in [0.717, 1.165) is 5.56 Å². The van der Waals surface area contributed by atoms with E-state index in [-0.39, 0.29) is 10.6 Å². The summed E-state index contributed by atoms with van der Waals surface area (Å²) in [6.45, 7) is 1.72. The predicted molar refractivity (Wildman–Crippen MR) is 83.0 cm³/mol. The third-order valence-corrected chi connectivity index (χ3v) is 5.17. The summed E-state index contributed by atoms with van der Waals surface area (Å²) >= 11 is 9.17. The van der Waals surface area contributed by atoms with Crippen LogP contribution in [0.1, 0.15) is 18.5 Å². The van der Waals surface area contributed by atoms with Crippen LogP contribution >= 0.6 is 27.5 Å². The molecule has 1 heterocycles. The van der Waals surface area contributed by atoms with E-state index >= 15 is 0 Å². The molecule has 0 fully saturated rings. The number of nitrogens with zero attached hydrogens (tertiary/aromatic N) is 1. The zero-order chi connectivity index (χ0) is 15.6. The van der Waals surface area contributed by atoms with Gasteiger partial charge in [0.05, 0.1) is 17.8 Å². The number of hydrogen-bond acceptors (Lipinski definition) is 4. The molecule has 0 radical (unpaired) electrons. The minimum absolute atomic E-state index is 0.0280. The summed E-state index contributed by atoms with van der Waals surface area (Å²) in [6.07, 6.45) is 3.18. The smallest absolute Gasteiger partial charge is 0.244 e. The molecular formula is C12H13BrClN3O3S. The summed E-state index contributed by atoms with van der Waals surface area (Å²) in [4.78, 5) is -0.0280. The molecule has 0 spiro atoms. The lowest BCUT2D eigenvalue weighted by Crippen LogP contribution is -2.27. The average Bonchev–Trinajstić information content (AvgIpc) is 2.91. The van der Waals surface area contributed by atoms with Gasteiger partial charge in [0.15, 0.2) is 5.75 Å². The second-order valence-corrected chi connectivity index (χ2v) is 7.27. The summed E-state index contributed by atoms with van der Waals surface area (Å²) in [5.74, 6) is 0.200. The zero-order valence-corrected chi connectivity index (χ0v) is 14.4. The lowest BCUT2D eigenvalue weighted by Gasteiger charge is -2.16. The number of halogens is 2. The van der Waals surface area contributed by atoms with Crippen LogP contribution in [-0.2, 0) is 10.0 Å². The summed E-state index contributed by atoms with van der Waals surface area (Å²) in [7, 11) is -2.41. The van der Waals surface area contributed by atoms with Crippen molar-refractivity contribution in [1.82, 2.24) is 14.9 Å². The molecule has 2 N–H and O–H groups in total. The van der Waals surface area contributed by atoms with Gasteiger partial charge in [-0.15, -0.1) is 0 Å². The van der Waals surface area contributed by atoms with E-state index < -0.39 is 16.1 Å². The second kappa shape index (κ2) is 6.35. The quantitative estimate of drug-likeness (QED) is 0.817. The number of sulfonamides is 1. The van der Waals surface area contributed by atoms with Gasteiger partial charge in [-0.05, 0) is 35.0 Å². The van der Waals surface area contributed by atoms with E-state index in [4.69, 9.17) is 16.3 Å². The van der Waals surface area contributed by atoms with E-state index in [1.54, 1.807) is 25.4 Å². The van der Waals surface area contributed by atoms with Gasteiger partial charge in [-0.2, -0.15) is 5.10 Å². The SMILES string of the molecule is COc1c(Br)cc(Cl)cc1S(=O)(=O)NC(C)c1cn[nH]c1. The number of rotatable bonds is 5. The molecule has 21 heavy (non-hydrogen) atoms. The summed E-state index contributed by atoms with van der Waals surface area (Å²) in [5, 5.41) is 6.72. The van der Waals surface area contributed by atoms with Crippen molar-refractivity contribution in [3.63, 3.8) is 0 Å². The number of ether oxygens (including phenoxy) is 1. The van der Waals surface area contributed by atoms with Gasteiger partial charge in [0, 0.05) is 22.8 Å². The Hall–Kier alpha value is -1.09. The molecule has 1 aromatic carbocycles. The first-order valence-electron chi connectivity index (χ1n) is 5.89. The number of hydrogen-bond donors (Lipinski definition) is 2. The van der Waals surface area contributed by atoms with Crippen LogP contribution in [0.2, 0.25) is 5.02 Å². The standard InChI is InChI=1S/C12H13BrClN3O3S/c1-7(8-5-15-16-6-8)17-21(18,19)11-4-9(14)3-10(13)12(11)20-2/h3-7,17H,1-2H3,(H,15,16). The van der Waals surface area contributed by atoms with Crippen molar-refractivity contribution >= 4 is 37.6 Å². The molecule has 2 rings (SSSR count). The predicted octanol–water partition coefficient (Wildman–Crippen LogP) is 2.87. The molecule has 6 nitrogen and oxygen atoms in total. The summed E-state index contributed by atoms with van der Waals surface area (Å²) in [6, 6.07) is 2.46. The van der Waals surface area contributed by atoms with E-state index in [1.165, 1.54) is 13.2 Å². The molecule has 1 aromatic heterocycles. The van der Waals surface area contributed by atoms with Crippen molar-refractivity contribution in [3.05, 3.63) is 39.6 Å². The molecule has 9 heteroatoms. The van der Waals surface area contributed by atoms with Crippen molar-refractivity contribution in [1.29, 1.82) is 0 Å². The highest BCUT2D eigenvalue weighted by atomic mass is 79.9. The van der Waals surface area contributed by atoms with E-state index in [1.807, 2.05) is 0 Å². The first kappa shape index (κ1) is 16.3. The Labute approximate surface area is 136 Å². The molecule has 0 saturated carbocycles. The van der Waals surface area contributed by atoms with Gasteiger partial charge < -0.3 is 4.74 Å². The highest BCUT2D eigenvalue weighted by Crippen LogP contribution is 2.35. The Balaban J connectivity index is 2.40. The van der Waals surface area contributed by atoms with Gasteiger partial charge in [-0.1, -0.05) is 11.6 Å². The van der Waals surface area contributed by atoms with Crippen LogP contribution in [0.4, 0.5) is 0 Å². The minimum atomic E-state index is -3.80. The normalized spacial score (nSPS) is 13.1. The molecule has 0 amide bonds. The molecule has 2 aromatic rings. The van der Waals surface area contributed by atoms with Crippen molar-refractivity contribution in [2.24, 2.45) is 0 Å². The van der Waals surface area contributed by atoms with Crippen LogP contribution in [0, 0.1) is 0 Å². The van der Waals surface area contributed by atoms with Crippen LogP contribution in [0.3, 0.4) is 0 Å². The van der Waals surface area contributed by atoms with Gasteiger partial charge in [-0.25, -0.2) is 13.1 Å². The average molecular weight is 395 g/mol. The molecule has 0 aliphatic heterocycles. The van der Waals surface area contributed by atoms with E-state index in [0.29, 0.717) is 9.50 Å². The molecule has 1 unspecified atom stereocenters. The Morgan fingerprint density at radius 3 is 2.76 bits per heavy atom. The maximum absolute atomic E-state index is 12.5. The molecule has 1 atom stereocenters. The lowest BCUT2D eigenvalue weighted by molar-refractivity contribution is 0.399. The number of H-pyrrole nitrogens is 1. The second-order valence-electron chi connectivity index (χ2n) is 4.29. The minimum Gasteiger partial charge on any atom is -0.494 e. The Morgan fingerprint density at radius 2 is 2.19 bits per heavy atom. The van der Waals surface area contributed by atoms with E-state index in [9.17, 15) is 8.42 Å². The maximum atomic E-state index is 12.5. The fraction of sp³-hybridized carbons (Fsp3) is 0.250. The largest absolute Gasteiger partial charge is 0.494 e. The van der Waals surface area contributed by atoms with Crippen LogP contribution in [0.15, 0.2) is 33.9 Å². The number of methoxy groups -OCH3 is 1. The number of benzene rings is 1. The van der Waals surface area contributed by atoms with Crippen LogP contribution in [-0.4, -0.2) is 25.7 Å². The molecule has 114 valence electrons. The monoisotopic (exact) mass is 393 g/mol. The van der Waals surface area contributed by atoms with Crippen LogP contribution in [0.5, 0.6) is 5.75 Å². The van der Waals surface area contributed by atoms with Gasteiger partial charge in [0.1, 0.15) is 4.90 Å². The third-order valence-electron chi connectivity index (χ3n) is 2.82. The molecular weight excluding hydrogens is 382 g/mol. The Morgan fingerprint density at radius 1 is 1.48 bits per heavy atom. The van der Waals surface area contributed by atoms with Crippen molar-refractivity contribution in [2.45, 2.75) is 17.9 Å². The fourth-order valence-corrected chi connectivity index (χ4v) is 4.41. The van der Waals surface area contributed by atoms with Crippen molar-refractivity contribution in [3.8, 4) is 5.75 Å². The van der Waals surface area contributed by atoms with Gasteiger partial charge in [-0.3, -0.25) is 5.10 Å². The van der Waals surface area contributed by atoms with Crippen molar-refractivity contribution in [2.75, 3.05) is 7.11 Å². The highest BCUT2D eigenvalue weighted by Gasteiger charge is 2.25. The van der Waals surface area contributed by atoms with Crippen LogP contribution in [0.25, 0.3) is 0 Å². The third kappa shape index (κ3) is 3.57. The first-order valence-corrected chi connectivity index (χ1v) is 8.54. The zero-order valence-electron chi connectivity index (χ0n) is 11.2. The van der Waals surface area contributed by atoms with Crippen molar-refractivity contribution < 1.29 is 13.2 Å². The van der Waals surface area contributed by atoms with Gasteiger partial charge >= 0.3 is 0 Å². The molecule has 0 aliphatic rings. The Kier molecular flexibility index (Phi) is 4.92. The molecule has 0 saturated heterocycles. The summed E-state index contributed by atoms with van der Waals surface area (Å²) in [5.41, 5.74) is 0.721. The van der Waals surface area contributed by atoms with Crippen LogP contribution < -0.4 is 9.46 Å². The van der Waals surface area contributed by atoms with Gasteiger partial charge in [0.25, 0.3) is 0 Å². The van der Waals surface area contributed by atoms with Gasteiger partial charge in [0.2, 0.25) is 10.0 Å².